The number of fused-ring (bicyclic) bond motifs is 1. The van der Waals surface area contributed by atoms with Gasteiger partial charge in [-0.3, -0.25) is 4.79 Å². The SMILES string of the molecule is CCCCn1c(-c2ccc3c(c2)NC(=O)CO3)csc1=Nc1ccc(F)cc1F. The van der Waals surface area contributed by atoms with E-state index in [1.165, 1.54) is 23.5 Å². The summed E-state index contributed by atoms with van der Waals surface area (Å²) in [6.45, 7) is 2.80. The molecular weight excluding hydrogens is 396 g/mol. The zero-order valence-electron chi connectivity index (χ0n) is 15.7. The van der Waals surface area contributed by atoms with Crippen LogP contribution >= 0.6 is 11.3 Å². The molecule has 2 aromatic carbocycles. The number of nitrogens with zero attached hydrogens (tertiary/aromatic N) is 2. The zero-order valence-corrected chi connectivity index (χ0v) is 16.6. The lowest BCUT2D eigenvalue weighted by molar-refractivity contribution is -0.118. The lowest BCUT2D eigenvalue weighted by Crippen LogP contribution is -2.25. The van der Waals surface area contributed by atoms with Crippen molar-refractivity contribution in [2.24, 2.45) is 4.99 Å². The van der Waals surface area contributed by atoms with Gasteiger partial charge in [0, 0.05) is 23.6 Å². The van der Waals surface area contributed by atoms with Gasteiger partial charge in [0.25, 0.3) is 5.91 Å². The van der Waals surface area contributed by atoms with Gasteiger partial charge in [-0.05, 0) is 36.8 Å². The van der Waals surface area contributed by atoms with E-state index >= 15 is 0 Å². The second-order valence-corrected chi connectivity index (χ2v) is 7.50. The topological polar surface area (TPSA) is 55.6 Å². The van der Waals surface area contributed by atoms with E-state index in [0.29, 0.717) is 22.8 Å². The number of thiazole rings is 1. The molecule has 2 heterocycles. The fourth-order valence-electron chi connectivity index (χ4n) is 3.10. The molecule has 0 radical (unpaired) electrons. The minimum atomic E-state index is -0.698. The molecule has 0 atom stereocenters. The van der Waals surface area contributed by atoms with Gasteiger partial charge in [-0.15, -0.1) is 11.3 Å². The van der Waals surface area contributed by atoms with Crippen molar-refractivity contribution >= 4 is 28.6 Å². The van der Waals surface area contributed by atoms with Crippen molar-refractivity contribution in [1.82, 2.24) is 4.57 Å². The minimum Gasteiger partial charge on any atom is -0.482 e. The molecule has 5 nitrogen and oxygen atoms in total. The highest BCUT2D eigenvalue weighted by Crippen LogP contribution is 2.33. The van der Waals surface area contributed by atoms with Gasteiger partial charge in [0.15, 0.2) is 17.2 Å². The molecule has 1 aliphatic rings. The molecule has 29 heavy (non-hydrogen) atoms. The second kappa shape index (κ2) is 8.16. The van der Waals surface area contributed by atoms with Crippen LogP contribution in [0.25, 0.3) is 11.3 Å². The van der Waals surface area contributed by atoms with E-state index < -0.39 is 11.6 Å². The fourth-order valence-corrected chi connectivity index (χ4v) is 4.05. The normalized spacial score (nSPS) is 13.8. The molecule has 1 aromatic heterocycles. The van der Waals surface area contributed by atoms with Crippen molar-refractivity contribution in [3.05, 3.63) is 58.2 Å². The molecule has 150 valence electrons. The summed E-state index contributed by atoms with van der Waals surface area (Å²) in [5.41, 5.74) is 2.52. The predicted molar refractivity (Wildman–Crippen MR) is 108 cm³/mol. The first-order valence-corrected chi connectivity index (χ1v) is 10.2. The number of amides is 1. The fraction of sp³-hybridized carbons (Fsp3) is 0.238. The number of unbranched alkanes of at least 4 members (excludes halogenated alkanes) is 1. The van der Waals surface area contributed by atoms with Crippen molar-refractivity contribution in [2.75, 3.05) is 11.9 Å². The van der Waals surface area contributed by atoms with E-state index in [0.717, 1.165) is 30.2 Å². The van der Waals surface area contributed by atoms with Crippen LogP contribution in [0.1, 0.15) is 19.8 Å². The van der Waals surface area contributed by atoms with Crippen LogP contribution in [0.15, 0.2) is 46.8 Å². The van der Waals surface area contributed by atoms with E-state index in [1.807, 2.05) is 28.1 Å². The van der Waals surface area contributed by atoms with Gasteiger partial charge in [-0.1, -0.05) is 13.3 Å². The number of hydrogen-bond donors (Lipinski definition) is 1. The molecule has 8 heteroatoms. The van der Waals surface area contributed by atoms with Crippen molar-refractivity contribution in [2.45, 2.75) is 26.3 Å². The van der Waals surface area contributed by atoms with E-state index in [2.05, 4.69) is 17.2 Å². The van der Waals surface area contributed by atoms with Gasteiger partial charge in [-0.25, -0.2) is 13.8 Å². The number of carbonyl (C=O) groups is 1. The van der Waals surface area contributed by atoms with Crippen LogP contribution in [0, 0.1) is 11.6 Å². The zero-order chi connectivity index (χ0) is 20.4. The number of nitrogens with one attached hydrogen (secondary N) is 1. The largest absolute Gasteiger partial charge is 0.482 e. The number of ether oxygens (including phenoxy) is 1. The number of rotatable bonds is 5. The van der Waals surface area contributed by atoms with Crippen LogP contribution in [0.5, 0.6) is 5.75 Å². The summed E-state index contributed by atoms with van der Waals surface area (Å²) in [5, 5.41) is 4.76. The molecule has 1 aliphatic heterocycles. The molecule has 0 saturated heterocycles. The highest BCUT2D eigenvalue weighted by atomic mass is 32.1. The average Bonchev–Trinajstić information content (AvgIpc) is 3.10. The number of aromatic nitrogens is 1. The molecule has 0 saturated carbocycles. The minimum absolute atomic E-state index is 0.00750. The van der Waals surface area contributed by atoms with Crippen molar-refractivity contribution in [1.29, 1.82) is 0 Å². The predicted octanol–water partition coefficient (Wildman–Crippen LogP) is 4.86. The highest BCUT2D eigenvalue weighted by molar-refractivity contribution is 7.07. The Kier molecular flexibility index (Phi) is 5.44. The molecule has 0 aliphatic carbocycles. The van der Waals surface area contributed by atoms with Gasteiger partial charge < -0.3 is 14.6 Å². The van der Waals surface area contributed by atoms with Gasteiger partial charge in [0.2, 0.25) is 0 Å². The van der Waals surface area contributed by atoms with Crippen LogP contribution in [0.2, 0.25) is 0 Å². The molecule has 4 rings (SSSR count). The van der Waals surface area contributed by atoms with Crippen molar-refractivity contribution in [3.63, 3.8) is 0 Å². The Morgan fingerprint density at radius 3 is 2.90 bits per heavy atom. The Labute approximate surface area is 170 Å². The number of hydrogen-bond acceptors (Lipinski definition) is 4. The van der Waals surface area contributed by atoms with E-state index in [1.54, 1.807) is 0 Å². The van der Waals surface area contributed by atoms with E-state index in [-0.39, 0.29) is 18.2 Å². The monoisotopic (exact) mass is 415 g/mol. The average molecular weight is 415 g/mol. The highest BCUT2D eigenvalue weighted by Gasteiger charge is 2.18. The molecule has 0 bridgehead atoms. The molecule has 0 spiro atoms. The standard InChI is InChI=1S/C21H19F2N3O2S/c1-2-3-8-26-18(13-4-7-19-17(9-13)24-20(27)11-28-19)12-29-21(26)25-16-6-5-14(22)10-15(16)23/h4-7,9-10,12H,2-3,8,11H2,1H3,(H,24,27). The molecule has 1 N–H and O–H groups in total. The summed E-state index contributed by atoms with van der Waals surface area (Å²) in [6, 6.07) is 8.96. The Hall–Kier alpha value is -3.00. The molecule has 0 unspecified atom stereocenters. The Morgan fingerprint density at radius 1 is 1.24 bits per heavy atom. The number of halogens is 2. The number of carbonyl (C=O) groups excluding carboxylic acids is 1. The van der Waals surface area contributed by atoms with Crippen LogP contribution < -0.4 is 14.9 Å². The van der Waals surface area contributed by atoms with Gasteiger partial charge >= 0.3 is 0 Å². The summed E-state index contributed by atoms with van der Waals surface area (Å²) < 4.78 is 34.7. The summed E-state index contributed by atoms with van der Waals surface area (Å²) in [4.78, 5) is 16.7. The number of anilines is 1. The molecular formula is C21H19F2N3O2S. The maximum Gasteiger partial charge on any atom is 0.262 e. The van der Waals surface area contributed by atoms with Gasteiger partial charge in [0.05, 0.1) is 11.4 Å². The first-order chi connectivity index (χ1) is 14.0. The Balaban J connectivity index is 1.79. The van der Waals surface area contributed by atoms with Crippen molar-refractivity contribution < 1.29 is 18.3 Å². The summed E-state index contributed by atoms with van der Waals surface area (Å²) in [6.07, 6.45) is 1.91. The van der Waals surface area contributed by atoms with Crippen LogP contribution in [-0.2, 0) is 11.3 Å². The molecule has 0 fully saturated rings. The Bertz CT molecular complexity index is 1140. The van der Waals surface area contributed by atoms with Gasteiger partial charge in [-0.2, -0.15) is 0 Å². The molecule has 1 amide bonds. The maximum atomic E-state index is 14.1. The second-order valence-electron chi connectivity index (χ2n) is 6.66. The van der Waals surface area contributed by atoms with Crippen LogP contribution in [0.4, 0.5) is 20.2 Å². The quantitative estimate of drug-likeness (QED) is 0.647. The third-order valence-electron chi connectivity index (χ3n) is 4.57. The number of benzene rings is 2. The summed E-state index contributed by atoms with van der Waals surface area (Å²) in [5.74, 6) is -0.899. The lowest BCUT2D eigenvalue weighted by Gasteiger charge is -2.19. The van der Waals surface area contributed by atoms with E-state index in [4.69, 9.17) is 4.74 Å². The summed E-state index contributed by atoms with van der Waals surface area (Å²) in [7, 11) is 0. The first-order valence-electron chi connectivity index (χ1n) is 9.30. The molecule has 3 aromatic rings. The van der Waals surface area contributed by atoms with Crippen LogP contribution in [0.3, 0.4) is 0 Å². The van der Waals surface area contributed by atoms with Crippen molar-refractivity contribution in [3.8, 4) is 17.0 Å². The van der Waals surface area contributed by atoms with Gasteiger partial charge in [0.1, 0.15) is 17.3 Å². The van der Waals surface area contributed by atoms with Crippen LogP contribution in [-0.4, -0.2) is 17.1 Å². The third kappa shape index (κ3) is 4.07. The lowest BCUT2D eigenvalue weighted by atomic mass is 10.1. The Morgan fingerprint density at radius 2 is 2.10 bits per heavy atom. The maximum absolute atomic E-state index is 14.1. The third-order valence-corrected chi connectivity index (χ3v) is 5.43. The summed E-state index contributed by atoms with van der Waals surface area (Å²) >= 11 is 1.38. The van der Waals surface area contributed by atoms with E-state index in [9.17, 15) is 13.6 Å². The first kappa shape index (κ1) is 19.3. The smallest absolute Gasteiger partial charge is 0.262 e.